The fraction of sp³-hybridized carbons (Fsp3) is 0. The summed E-state index contributed by atoms with van der Waals surface area (Å²) in [5.74, 6) is 0.206. The summed E-state index contributed by atoms with van der Waals surface area (Å²) in [6.07, 6.45) is 3.26. The molecule has 7 heteroatoms. The van der Waals surface area contributed by atoms with Crippen molar-refractivity contribution in [3.63, 3.8) is 0 Å². The summed E-state index contributed by atoms with van der Waals surface area (Å²) in [5.41, 5.74) is 4.14. The van der Waals surface area contributed by atoms with Gasteiger partial charge in [0, 0.05) is 29.1 Å². The molecule has 0 atom stereocenters. The Morgan fingerprint density at radius 1 is 0.636 bits per heavy atom. The molecule has 0 bridgehead atoms. The van der Waals surface area contributed by atoms with Crippen molar-refractivity contribution in [2.24, 2.45) is 9.98 Å². The van der Waals surface area contributed by atoms with Gasteiger partial charge in [-0.05, 0) is 48.0 Å². The third kappa shape index (κ3) is 7.31. The van der Waals surface area contributed by atoms with Gasteiger partial charge in [-0.25, -0.2) is 0 Å². The van der Waals surface area contributed by atoms with Gasteiger partial charge < -0.3 is 10.2 Å². The maximum atomic E-state index is 10.7. The first-order valence-corrected chi connectivity index (χ1v) is 14.2. The van der Waals surface area contributed by atoms with Crippen molar-refractivity contribution in [1.82, 2.24) is 0 Å². The quantitative estimate of drug-likeness (QED) is 0.214. The van der Waals surface area contributed by atoms with Crippen LogP contribution in [0.25, 0.3) is 11.1 Å². The Balaban J connectivity index is 0.000000968. The van der Waals surface area contributed by atoms with Gasteiger partial charge in [0.1, 0.15) is 11.5 Å². The summed E-state index contributed by atoms with van der Waals surface area (Å²) in [4.78, 5) is 8.78. The van der Waals surface area contributed by atoms with E-state index in [1.807, 2.05) is 78.9 Å². The Hall–Kier alpha value is -2.89. The molecule has 0 fully saturated rings. The topological polar surface area (TPSA) is 65.2 Å². The molecule has 0 spiro atoms. The second-order valence-electron chi connectivity index (χ2n) is 6.78. The molecule has 0 radical (unpaired) electrons. The van der Waals surface area contributed by atoms with Crippen molar-refractivity contribution < 1.29 is 27.2 Å². The van der Waals surface area contributed by atoms with Crippen LogP contribution in [-0.4, -0.2) is 22.6 Å². The van der Waals surface area contributed by atoms with Crippen LogP contribution in [0.2, 0.25) is 0 Å². The van der Waals surface area contributed by atoms with Gasteiger partial charge in [-0.15, -0.1) is 0 Å². The molecule has 0 aliphatic heterocycles. The van der Waals surface area contributed by atoms with E-state index < -0.39 is 17.0 Å². The van der Waals surface area contributed by atoms with Crippen molar-refractivity contribution in [3.8, 4) is 22.6 Å². The zero-order valence-electron chi connectivity index (χ0n) is 17.4. The number of nitrogens with zero attached hydrogens (tertiary/aromatic N) is 2. The molecule has 0 amide bonds. The van der Waals surface area contributed by atoms with E-state index in [9.17, 15) is 10.2 Å². The zero-order valence-corrected chi connectivity index (χ0v) is 20.5. The van der Waals surface area contributed by atoms with E-state index >= 15 is 0 Å². The van der Waals surface area contributed by atoms with Gasteiger partial charge in [0.2, 0.25) is 0 Å². The molecule has 0 heterocycles. The van der Waals surface area contributed by atoms with Crippen molar-refractivity contribution >= 4 is 42.4 Å². The number of rotatable bonds is 5. The first-order chi connectivity index (χ1) is 16.1. The molecule has 0 aliphatic rings. The Morgan fingerprint density at radius 3 is 1.73 bits per heavy atom. The summed E-state index contributed by atoms with van der Waals surface area (Å²) in [6, 6.07) is 29.8. The molecule has 164 valence electrons. The molecule has 0 aliphatic carbocycles. The number of phenols is 2. The number of hydrogen-bond acceptors (Lipinski definition) is 4. The number of benzene rings is 4. The molecule has 4 aromatic rings. The van der Waals surface area contributed by atoms with Crippen LogP contribution in [-0.2, 0) is 17.0 Å². The number of aromatic hydroxyl groups is 2. The average molecular weight is 511 g/mol. The van der Waals surface area contributed by atoms with Crippen molar-refractivity contribution in [2.75, 3.05) is 0 Å². The van der Waals surface area contributed by atoms with E-state index in [-0.39, 0.29) is 11.5 Å². The van der Waals surface area contributed by atoms with Crippen molar-refractivity contribution in [3.05, 3.63) is 108 Å². The monoisotopic (exact) mass is 510 g/mol. The van der Waals surface area contributed by atoms with E-state index in [2.05, 4.69) is 9.98 Å². The van der Waals surface area contributed by atoms with Gasteiger partial charge in [-0.1, -0.05) is 54.6 Å². The van der Waals surface area contributed by atoms with Crippen LogP contribution in [0.4, 0.5) is 11.4 Å². The molecule has 4 aromatic carbocycles. The molecule has 0 saturated carbocycles. The summed E-state index contributed by atoms with van der Waals surface area (Å²) in [7, 11) is 9.78. The van der Waals surface area contributed by atoms with Crippen LogP contribution in [0.1, 0.15) is 11.1 Å². The predicted octanol–water partition coefficient (Wildman–Crippen LogP) is 7.64. The first kappa shape index (κ1) is 24.8. The number of para-hydroxylation sites is 3. The van der Waals surface area contributed by atoms with Gasteiger partial charge in [0.15, 0.2) is 0 Å². The van der Waals surface area contributed by atoms with Crippen molar-refractivity contribution in [1.29, 1.82) is 0 Å². The molecule has 0 unspecified atom stereocenters. The molecular formula is C26H20Cl2N2O2Ti. The van der Waals surface area contributed by atoms with E-state index in [1.165, 1.54) is 0 Å². The normalized spacial score (nSPS) is 10.7. The van der Waals surface area contributed by atoms with E-state index in [0.29, 0.717) is 22.3 Å². The van der Waals surface area contributed by atoms with Crippen LogP contribution in [0.15, 0.2) is 107 Å². The SMILES string of the molecule is Oc1cc(-c2cccc(C=Nc3ccccc3)c2O)ccc1C=Nc1ccccc1.[Cl][Ti][Cl]. The fourth-order valence-electron chi connectivity index (χ4n) is 3.04. The number of halogens is 2. The zero-order chi connectivity index (χ0) is 23.5. The number of phenolic OH excluding ortho intramolecular Hbond substituents is 2. The Bertz CT molecular complexity index is 1230. The van der Waals surface area contributed by atoms with Crippen LogP contribution in [0, 0.1) is 0 Å². The molecule has 4 rings (SSSR count). The standard InChI is InChI=1S/C26H20N2O2.2ClH.Ti/c29-25-16-19(14-15-20(25)17-27-22-9-3-1-4-10-22)24-13-7-8-21(26(24)30)18-28-23-11-5-2-6-12-23;;;/h1-18,29-30H;2*1H;/q;;;+2/p-2. The van der Waals surface area contributed by atoms with Gasteiger partial charge in [-0.2, -0.15) is 0 Å². The summed E-state index contributed by atoms with van der Waals surface area (Å²) >= 11 is -0.556. The molecule has 0 saturated heterocycles. The van der Waals surface area contributed by atoms with Crippen LogP contribution in [0.5, 0.6) is 11.5 Å². The fourth-order valence-corrected chi connectivity index (χ4v) is 3.04. The van der Waals surface area contributed by atoms with Gasteiger partial charge in [-0.3, -0.25) is 9.98 Å². The van der Waals surface area contributed by atoms with Crippen LogP contribution in [0.3, 0.4) is 0 Å². The Kier molecular flexibility index (Phi) is 9.73. The van der Waals surface area contributed by atoms with Gasteiger partial charge in [0.05, 0.1) is 11.4 Å². The van der Waals surface area contributed by atoms with Gasteiger partial charge >= 0.3 is 35.6 Å². The molecule has 2 N–H and O–H groups in total. The molecule has 0 aromatic heterocycles. The molecular weight excluding hydrogens is 491 g/mol. The van der Waals surface area contributed by atoms with E-state index in [1.54, 1.807) is 30.6 Å². The second-order valence-corrected chi connectivity index (χ2v) is 9.36. The summed E-state index contributed by atoms with van der Waals surface area (Å²) < 4.78 is 0. The Morgan fingerprint density at radius 2 is 1.18 bits per heavy atom. The van der Waals surface area contributed by atoms with E-state index in [4.69, 9.17) is 18.6 Å². The summed E-state index contributed by atoms with van der Waals surface area (Å²) in [6.45, 7) is 0. The van der Waals surface area contributed by atoms with Crippen LogP contribution >= 0.6 is 18.6 Å². The third-order valence-corrected chi connectivity index (χ3v) is 4.63. The first-order valence-electron chi connectivity index (χ1n) is 9.92. The van der Waals surface area contributed by atoms with Crippen molar-refractivity contribution in [2.45, 2.75) is 0 Å². The minimum absolute atomic E-state index is 0.0925. The average Bonchev–Trinajstić information content (AvgIpc) is 2.84. The maximum absolute atomic E-state index is 10.7. The number of aliphatic imine (C=N–C) groups is 2. The minimum atomic E-state index is -0.556. The Labute approximate surface area is 209 Å². The molecule has 33 heavy (non-hydrogen) atoms. The molecule has 4 nitrogen and oxygen atoms in total. The van der Waals surface area contributed by atoms with E-state index in [0.717, 1.165) is 11.4 Å². The third-order valence-electron chi connectivity index (χ3n) is 4.63. The predicted molar refractivity (Wildman–Crippen MR) is 134 cm³/mol. The summed E-state index contributed by atoms with van der Waals surface area (Å²) in [5, 5.41) is 21.2. The second kappa shape index (κ2) is 13.0. The van der Waals surface area contributed by atoms with Gasteiger partial charge in [0.25, 0.3) is 0 Å². The number of hydrogen-bond donors (Lipinski definition) is 2. The van der Waals surface area contributed by atoms with Crippen LogP contribution < -0.4 is 0 Å².